The number of nitrogens with two attached hydrogens (primary N) is 1. The Morgan fingerprint density at radius 3 is 2.00 bits per heavy atom. The van der Waals surface area contributed by atoms with E-state index in [4.69, 9.17) is 5.84 Å². The van der Waals surface area contributed by atoms with E-state index in [0.717, 1.165) is 5.92 Å². The van der Waals surface area contributed by atoms with Gasteiger partial charge in [0, 0.05) is 11.6 Å². The molecule has 1 atom stereocenters. The summed E-state index contributed by atoms with van der Waals surface area (Å²) in [7, 11) is 4.45. The van der Waals surface area contributed by atoms with Crippen LogP contribution >= 0.6 is 0 Å². The van der Waals surface area contributed by atoms with Gasteiger partial charge in [0.2, 0.25) is 0 Å². The number of rotatable bonds is 6. The Labute approximate surface area is 113 Å². The summed E-state index contributed by atoms with van der Waals surface area (Å²) in [6.45, 7) is 4.59. The van der Waals surface area contributed by atoms with Crippen LogP contribution in [0.15, 0.2) is 0 Å². The number of hydrogen-bond donors (Lipinski definition) is 2. The van der Waals surface area contributed by atoms with Gasteiger partial charge in [0.25, 0.3) is 0 Å². The second kappa shape index (κ2) is 7.46. The maximum Gasteiger partial charge on any atom is 0.0394 e. The quantitative estimate of drug-likeness (QED) is 0.435. The summed E-state index contributed by atoms with van der Waals surface area (Å²) in [5.41, 5.74) is 3.40. The molecule has 18 heavy (non-hydrogen) atoms. The Morgan fingerprint density at radius 1 is 1.06 bits per heavy atom. The Hall–Kier alpha value is -0.120. The van der Waals surface area contributed by atoms with E-state index in [-0.39, 0.29) is 5.54 Å². The Bertz CT molecular complexity index is 218. The summed E-state index contributed by atoms with van der Waals surface area (Å²) in [5, 5.41) is 0. The molecule has 0 heterocycles. The fraction of sp³-hybridized carbons (Fsp3) is 1.00. The number of likely N-dealkylation sites (N-methyl/N-ethyl adjacent to an activating group) is 1. The molecule has 1 fully saturated rings. The van der Waals surface area contributed by atoms with Gasteiger partial charge in [-0.25, -0.2) is 0 Å². The third kappa shape index (κ3) is 3.94. The molecule has 1 aliphatic carbocycles. The van der Waals surface area contributed by atoms with Crippen molar-refractivity contribution in [3.8, 4) is 0 Å². The fourth-order valence-electron chi connectivity index (χ4n) is 3.46. The van der Waals surface area contributed by atoms with Crippen LogP contribution in [0.1, 0.15) is 65.2 Å². The van der Waals surface area contributed by atoms with Gasteiger partial charge >= 0.3 is 0 Å². The predicted molar refractivity (Wildman–Crippen MR) is 79.3 cm³/mol. The van der Waals surface area contributed by atoms with Crippen LogP contribution in [0.2, 0.25) is 0 Å². The maximum atomic E-state index is 5.89. The van der Waals surface area contributed by atoms with E-state index < -0.39 is 0 Å². The van der Waals surface area contributed by atoms with Crippen molar-refractivity contribution in [2.75, 3.05) is 14.1 Å². The van der Waals surface area contributed by atoms with Crippen LogP contribution in [0.3, 0.4) is 0 Å². The van der Waals surface area contributed by atoms with Crippen LogP contribution in [0, 0.1) is 5.92 Å². The first kappa shape index (κ1) is 15.9. The van der Waals surface area contributed by atoms with Crippen molar-refractivity contribution in [2.45, 2.75) is 76.8 Å². The zero-order chi connectivity index (χ0) is 13.6. The van der Waals surface area contributed by atoms with Crippen molar-refractivity contribution in [1.29, 1.82) is 0 Å². The second-order valence-electron chi connectivity index (χ2n) is 6.60. The minimum absolute atomic E-state index is 0.264. The molecule has 1 aliphatic rings. The molecule has 0 aromatic rings. The van der Waals surface area contributed by atoms with E-state index >= 15 is 0 Å². The highest BCUT2D eigenvalue weighted by molar-refractivity contribution is 4.99. The molecule has 108 valence electrons. The first-order valence-electron chi connectivity index (χ1n) is 7.66. The van der Waals surface area contributed by atoms with Gasteiger partial charge in [0.15, 0.2) is 0 Å². The molecule has 3 nitrogen and oxygen atoms in total. The molecule has 0 aliphatic heterocycles. The molecule has 3 heteroatoms. The van der Waals surface area contributed by atoms with Crippen molar-refractivity contribution in [3.05, 3.63) is 0 Å². The van der Waals surface area contributed by atoms with Crippen LogP contribution in [-0.2, 0) is 0 Å². The van der Waals surface area contributed by atoms with Crippen LogP contribution in [-0.4, -0.2) is 30.6 Å². The topological polar surface area (TPSA) is 41.3 Å². The van der Waals surface area contributed by atoms with Gasteiger partial charge in [-0.3, -0.25) is 11.3 Å². The zero-order valence-electron chi connectivity index (χ0n) is 12.8. The highest BCUT2D eigenvalue weighted by Gasteiger charge is 2.40. The summed E-state index contributed by atoms with van der Waals surface area (Å²) in [5.74, 6) is 6.64. The van der Waals surface area contributed by atoms with Crippen LogP contribution in [0.5, 0.6) is 0 Å². The minimum atomic E-state index is 0.264. The highest BCUT2D eigenvalue weighted by Crippen LogP contribution is 2.35. The summed E-state index contributed by atoms with van der Waals surface area (Å²) in [6, 6.07) is 0.424. The van der Waals surface area contributed by atoms with E-state index in [1.807, 2.05) is 0 Å². The van der Waals surface area contributed by atoms with Gasteiger partial charge in [0.05, 0.1) is 0 Å². The lowest BCUT2D eigenvalue weighted by molar-refractivity contribution is 0.0737. The summed E-state index contributed by atoms with van der Waals surface area (Å²) in [4.78, 5) is 2.43. The normalized spacial score (nSPS) is 22.2. The van der Waals surface area contributed by atoms with E-state index in [1.54, 1.807) is 0 Å². The van der Waals surface area contributed by atoms with Crippen LogP contribution in [0.25, 0.3) is 0 Å². The molecule has 0 radical (unpaired) electrons. The smallest absolute Gasteiger partial charge is 0.0394 e. The molecule has 0 aromatic heterocycles. The van der Waals surface area contributed by atoms with Crippen LogP contribution in [0.4, 0.5) is 0 Å². The number of hydrazine groups is 1. The van der Waals surface area contributed by atoms with E-state index in [9.17, 15) is 0 Å². The third-order valence-electron chi connectivity index (χ3n) is 4.74. The molecule has 0 aromatic carbocycles. The van der Waals surface area contributed by atoms with Gasteiger partial charge in [0.1, 0.15) is 0 Å². The predicted octanol–water partition coefficient (Wildman–Crippen LogP) is 2.91. The fourth-order valence-corrected chi connectivity index (χ4v) is 3.46. The first-order valence-corrected chi connectivity index (χ1v) is 7.66. The number of nitrogens with zero attached hydrogens (tertiary/aromatic N) is 1. The third-order valence-corrected chi connectivity index (χ3v) is 4.74. The monoisotopic (exact) mass is 255 g/mol. The molecular weight excluding hydrogens is 222 g/mol. The molecule has 0 bridgehead atoms. The van der Waals surface area contributed by atoms with Crippen molar-refractivity contribution in [1.82, 2.24) is 10.3 Å². The molecule has 1 saturated carbocycles. The molecule has 0 amide bonds. The van der Waals surface area contributed by atoms with Crippen molar-refractivity contribution >= 4 is 0 Å². The Kier molecular flexibility index (Phi) is 6.61. The van der Waals surface area contributed by atoms with Crippen LogP contribution < -0.4 is 11.3 Å². The van der Waals surface area contributed by atoms with Gasteiger partial charge in [-0.2, -0.15) is 0 Å². The average molecular weight is 255 g/mol. The van der Waals surface area contributed by atoms with Gasteiger partial charge < -0.3 is 4.90 Å². The lowest BCUT2D eigenvalue weighted by Gasteiger charge is -2.46. The van der Waals surface area contributed by atoms with Gasteiger partial charge in [-0.05, 0) is 45.7 Å². The molecular formula is C15H33N3. The van der Waals surface area contributed by atoms with E-state index in [0.29, 0.717) is 6.04 Å². The largest absolute Gasteiger partial charge is 0.302 e. The van der Waals surface area contributed by atoms with Gasteiger partial charge in [-0.15, -0.1) is 0 Å². The zero-order valence-corrected chi connectivity index (χ0v) is 12.8. The molecule has 3 N–H and O–H groups in total. The van der Waals surface area contributed by atoms with Gasteiger partial charge in [-0.1, -0.05) is 39.5 Å². The molecule has 0 saturated heterocycles. The summed E-state index contributed by atoms with van der Waals surface area (Å²) >= 11 is 0. The lowest BCUT2D eigenvalue weighted by Crippen LogP contribution is -2.60. The molecule has 0 spiro atoms. The summed E-state index contributed by atoms with van der Waals surface area (Å²) < 4.78 is 0. The molecule has 1 rings (SSSR count). The molecule has 1 unspecified atom stereocenters. The maximum absolute atomic E-state index is 5.89. The first-order chi connectivity index (χ1) is 8.53. The van der Waals surface area contributed by atoms with Crippen molar-refractivity contribution in [2.24, 2.45) is 11.8 Å². The number of hydrogen-bond acceptors (Lipinski definition) is 3. The van der Waals surface area contributed by atoms with Crippen molar-refractivity contribution < 1.29 is 0 Å². The SMILES string of the molecule is CC(C)CCC(NN)C1(N(C)C)CCCCCC1. The average Bonchev–Trinajstić information content (AvgIpc) is 2.56. The highest BCUT2D eigenvalue weighted by atomic mass is 15.3. The minimum Gasteiger partial charge on any atom is -0.302 e. The number of nitrogens with one attached hydrogen (secondary N) is 1. The second-order valence-corrected chi connectivity index (χ2v) is 6.60. The van der Waals surface area contributed by atoms with E-state index in [2.05, 4.69) is 38.3 Å². The lowest BCUT2D eigenvalue weighted by atomic mass is 9.79. The van der Waals surface area contributed by atoms with Crippen molar-refractivity contribution in [3.63, 3.8) is 0 Å². The summed E-state index contributed by atoms with van der Waals surface area (Å²) in [6.07, 6.45) is 10.5. The standard InChI is InChI=1S/C15H33N3/c1-13(2)9-10-14(17-16)15(18(3)4)11-7-5-6-8-12-15/h13-14,17H,5-12,16H2,1-4H3. The van der Waals surface area contributed by atoms with E-state index in [1.165, 1.54) is 51.4 Å². The Morgan fingerprint density at radius 2 is 1.61 bits per heavy atom. The Balaban J connectivity index is 2.78.